The first-order valence-corrected chi connectivity index (χ1v) is 10.6. The smallest absolute Gasteiger partial charge is 0.336 e. The molecular weight excluding hydrogens is 421 g/mol. The van der Waals surface area contributed by atoms with Crippen molar-refractivity contribution in [2.45, 2.75) is 11.5 Å². The zero-order valence-electron chi connectivity index (χ0n) is 14.3. The van der Waals surface area contributed by atoms with E-state index >= 15 is 0 Å². The van der Waals surface area contributed by atoms with Gasteiger partial charge in [0.05, 0.1) is 0 Å². The number of rotatable bonds is 6. The van der Waals surface area contributed by atoms with Gasteiger partial charge in [-0.25, -0.2) is 8.78 Å². The molecule has 0 fully saturated rings. The molecule has 28 heavy (non-hydrogen) atoms. The molecule has 0 saturated heterocycles. The zero-order valence-corrected chi connectivity index (χ0v) is 15.9. The molecule has 5 nitrogen and oxygen atoms in total. The Morgan fingerprint density at radius 1 is 1.21 bits per heavy atom. The van der Waals surface area contributed by atoms with E-state index in [9.17, 15) is 22.1 Å². The number of nitrogens with zero attached hydrogens (tertiary/aromatic N) is 2. The van der Waals surface area contributed by atoms with Crippen LogP contribution >= 0.6 is 18.9 Å². The van der Waals surface area contributed by atoms with Crippen LogP contribution in [0.25, 0.3) is 11.4 Å². The lowest BCUT2D eigenvalue weighted by atomic mass is 10.1. The Morgan fingerprint density at radius 2 is 1.96 bits per heavy atom. The third-order valence-electron chi connectivity index (χ3n) is 3.64. The van der Waals surface area contributed by atoms with Crippen molar-refractivity contribution in [3.63, 3.8) is 0 Å². The summed E-state index contributed by atoms with van der Waals surface area (Å²) >= 11 is 4.80. The molecule has 3 aromatic rings. The summed E-state index contributed by atoms with van der Waals surface area (Å²) < 4.78 is 70.7. The largest absolute Gasteiger partial charge is 0.400 e. The van der Waals surface area contributed by atoms with E-state index in [1.807, 2.05) is 0 Å². The highest BCUT2D eigenvalue weighted by Gasteiger charge is 2.35. The summed E-state index contributed by atoms with van der Waals surface area (Å²) in [5.41, 5.74) is 0.510. The fourth-order valence-electron chi connectivity index (χ4n) is 2.47. The van der Waals surface area contributed by atoms with Crippen LogP contribution in [0.4, 0.5) is 23.2 Å². The minimum atomic E-state index is -3.83. The standard InChI is InChI=1S/C17H13ClF4N3O2P/c1-28(26,25-13-4-2-3-12(19)8-13)9-11-6-5-10(7-14(11)20)15-23-16(27-24-15)17(18,21)22/h2-8H,9H2,1H3,(H,25,26). The van der Waals surface area contributed by atoms with Crippen molar-refractivity contribution in [3.05, 3.63) is 65.6 Å². The van der Waals surface area contributed by atoms with Gasteiger partial charge >= 0.3 is 11.3 Å². The van der Waals surface area contributed by atoms with Gasteiger partial charge in [0.25, 0.3) is 0 Å². The SMILES string of the molecule is CP(=O)(Cc1ccc(-c2noc(C(F)(F)Cl)n2)cc1F)Nc1cccc(F)c1. The molecule has 0 saturated carbocycles. The highest BCUT2D eigenvalue weighted by molar-refractivity contribution is 7.63. The number of aromatic nitrogens is 2. The number of halogens is 5. The van der Waals surface area contributed by atoms with E-state index in [0.29, 0.717) is 5.69 Å². The Balaban J connectivity index is 1.78. The topological polar surface area (TPSA) is 68.0 Å². The molecule has 0 bridgehead atoms. The molecule has 11 heteroatoms. The first-order valence-electron chi connectivity index (χ1n) is 7.84. The molecule has 0 aliphatic rings. The Bertz CT molecular complexity index is 1050. The van der Waals surface area contributed by atoms with Crippen molar-refractivity contribution >= 4 is 24.6 Å². The van der Waals surface area contributed by atoms with E-state index < -0.39 is 30.2 Å². The predicted molar refractivity (Wildman–Crippen MR) is 96.7 cm³/mol. The van der Waals surface area contributed by atoms with Gasteiger partial charge in [0.1, 0.15) is 11.6 Å². The van der Waals surface area contributed by atoms with Crippen molar-refractivity contribution in [1.29, 1.82) is 0 Å². The molecular formula is C17H13ClF4N3O2P. The number of nitrogens with one attached hydrogen (secondary N) is 1. The van der Waals surface area contributed by atoms with E-state index in [2.05, 4.69) is 19.8 Å². The second-order valence-electron chi connectivity index (χ2n) is 6.11. The molecule has 1 unspecified atom stereocenters. The summed E-state index contributed by atoms with van der Waals surface area (Å²) in [6.45, 7) is 1.40. The molecule has 1 aromatic heterocycles. The molecule has 0 radical (unpaired) electrons. The lowest BCUT2D eigenvalue weighted by Gasteiger charge is -2.17. The quantitative estimate of drug-likeness (QED) is 0.301. The molecule has 1 N–H and O–H groups in total. The minimum Gasteiger partial charge on any atom is -0.336 e. The zero-order chi connectivity index (χ0) is 20.5. The summed E-state index contributed by atoms with van der Waals surface area (Å²) in [7, 11) is -3.11. The number of benzene rings is 2. The van der Waals surface area contributed by atoms with E-state index in [-0.39, 0.29) is 23.1 Å². The summed E-state index contributed by atoms with van der Waals surface area (Å²) in [4.78, 5) is 3.43. The van der Waals surface area contributed by atoms with Gasteiger partial charge in [-0.1, -0.05) is 23.4 Å². The summed E-state index contributed by atoms with van der Waals surface area (Å²) in [6, 6.07) is 9.14. The normalized spacial score (nSPS) is 13.9. The Morgan fingerprint density at radius 3 is 2.57 bits per heavy atom. The molecule has 0 aliphatic carbocycles. The van der Waals surface area contributed by atoms with Gasteiger partial charge in [-0.05, 0) is 41.4 Å². The maximum Gasteiger partial charge on any atom is 0.400 e. The maximum atomic E-state index is 14.4. The van der Waals surface area contributed by atoms with Gasteiger partial charge in [-0.3, -0.25) is 0 Å². The van der Waals surface area contributed by atoms with Crippen LogP contribution in [0.5, 0.6) is 0 Å². The van der Waals surface area contributed by atoms with Crippen LogP contribution in [0.2, 0.25) is 0 Å². The molecule has 0 aliphatic heterocycles. The summed E-state index contributed by atoms with van der Waals surface area (Å²) in [5, 5.41) is 2.22. The fourth-order valence-corrected chi connectivity index (χ4v) is 4.21. The lowest BCUT2D eigenvalue weighted by molar-refractivity contribution is 0.0551. The lowest BCUT2D eigenvalue weighted by Crippen LogP contribution is -2.03. The number of hydrogen-bond donors (Lipinski definition) is 1. The molecule has 0 spiro atoms. The second kappa shape index (κ2) is 7.56. The van der Waals surface area contributed by atoms with Crippen LogP contribution in [-0.4, -0.2) is 16.8 Å². The Labute approximate surface area is 162 Å². The third-order valence-corrected chi connectivity index (χ3v) is 5.48. The van der Waals surface area contributed by atoms with Gasteiger partial charge in [0.2, 0.25) is 5.82 Å². The highest BCUT2D eigenvalue weighted by atomic mass is 35.5. The molecule has 148 valence electrons. The second-order valence-corrected chi connectivity index (χ2v) is 9.32. The van der Waals surface area contributed by atoms with E-state index in [0.717, 1.165) is 6.07 Å². The molecule has 3 rings (SSSR count). The molecule has 0 amide bonds. The first-order chi connectivity index (χ1) is 13.0. The van der Waals surface area contributed by atoms with Gasteiger partial charge in [-0.15, -0.1) is 0 Å². The average molecular weight is 434 g/mol. The minimum absolute atomic E-state index is 0.0844. The Kier molecular flexibility index (Phi) is 5.50. The molecule has 1 atom stereocenters. The maximum absolute atomic E-state index is 14.4. The van der Waals surface area contributed by atoms with Gasteiger partial charge in [-0.2, -0.15) is 13.8 Å². The number of anilines is 1. The summed E-state index contributed by atoms with van der Waals surface area (Å²) in [6.07, 6.45) is -0.160. The van der Waals surface area contributed by atoms with Crippen molar-refractivity contribution < 1.29 is 26.6 Å². The van der Waals surface area contributed by atoms with E-state index in [1.165, 1.54) is 37.0 Å². The molecule has 2 aromatic carbocycles. The number of alkyl halides is 3. The number of hydrogen-bond acceptors (Lipinski definition) is 4. The third kappa shape index (κ3) is 4.91. The predicted octanol–water partition coefficient (Wildman–Crippen LogP) is 5.82. The van der Waals surface area contributed by atoms with Crippen LogP contribution in [0.3, 0.4) is 0 Å². The van der Waals surface area contributed by atoms with Crippen LogP contribution < -0.4 is 5.09 Å². The van der Waals surface area contributed by atoms with E-state index in [1.54, 1.807) is 6.07 Å². The summed E-state index contributed by atoms with van der Waals surface area (Å²) in [5.74, 6) is -2.60. The van der Waals surface area contributed by atoms with Crippen LogP contribution in [0, 0.1) is 11.6 Å². The fraction of sp³-hybridized carbons (Fsp3) is 0.176. The van der Waals surface area contributed by atoms with Gasteiger partial charge in [0, 0.05) is 24.1 Å². The highest BCUT2D eigenvalue weighted by Crippen LogP contribution is 2.45. The van der Waals surface area contributed by atoms with Crippen molar-refractivity contribution in [2.75, 3.05) is 11.8 Å². The monoisotopic (exact) mass is 433 g/mol. The van der Waals surface area contributed by atoms with E-state index in [4.69, 9.17) is 11.6 Å². The van der Waals surface area contributed by atoms with Crippen LogP contribution in [-0.2, 0) is 16.1 Å². The van der Waals surface area contributed by atoms with Gasteiger partial charge in [0.15, 0.2) is 7.29 Å². The van der Waals surface area contributed by atoms with Crippen molar-refractivity contribution in [2.24, 2.45) is 0 Å². The van der Waals surface area contributed by atoms with Crippen molar-refractivity contribution in [3.8, 4) is 11.4 Å². The first kappa shape index (κ1) is 20.4. The van der Waals surface area contributed by atoms with Crippen LogP contribution in [0.15, 0.2) is 47.0 Å². The average Bonchev–Trinajstić information content (AvgIpc) is 3.06. The Hall–Kier alpha value is -2.38. The molecule has 1 heterocycles. The van der Waals surface area contributed by atoms with Crippen LogP contribution in [0.1, 0.15) is 11.5 Å². The van der Waals surface area contributed by atoms with Crippen molar-refractivity contribution in [1.82, 2.24) is 10.1 Å². The van der Waals surface area contributed by atoms with Gasteiger partial charge < -0.3 is 14.2 Å².